The smallest absolute Gasteiger partial charge is 0.330 e. The Morgan fingerprint density at radius 1 is 1.27 bits per heavy atom. The number of hydrogen-bond donors (Lipinski definition) is 1. The zero-order valence-electron chi connectivity index (χ0n) is 12.3. The predicted molar refractivity (Wildman–Crippen MR) is 79.5 cm³/mol. The average molecular weight is 330 g/mol. The van der Waals surface area contributed by atoms with Crippen molar-refractivity contribution in [2.75, 3.05) is 6.54 Å². The van der Waals surface area contributed by atoms with Gasteiger partial charge < -0.3 is 10.3 Å². The van der Waals surface area contributed by atoms with Gasteiger partial charge in [0.15, 0.2) is 5.16 Å². The SMILES string of the molecule is Cc1ccc(C(F)(F)F)cc1CSc1nnc(CCN)n1C. The van der Waals surface area contributed by atoms with E-state index in [9.17, 15) is 13.2 Å². The summed E-state index contributed by atoms with van der Waals surface area (Å²) in [7, 11) is 1.83. The van der Waals surface area contributed by atoms with Gasteiger partial charge in [-0.15, -0.1) is 10.2 Å². The van der Waals surface area contributed by atoms with Gasteiger partial charge in [0.25, 0.3) is 0 Å². The minimum Gasteiger partial charge on any atom is -0.330 e. The van der Waals surface area contributed by atoms with Gasteiger partial charge in [0.2, 0.25) is 0 Å². The lowest BCUT2D eigenvalue weighted by atomic mass is 10.1. The van der Waals surface area contributed by atoms with E-state index < -0.39 is 11.7 Å². The van der Waals surface area contributed by atoms with E-state index in [1.54, 1.807) is 6.92 Å². The number of aryl methyl sites for hydroxylation is 1. The van der Waals surface area contributed by atoms with Crippen LogP contribution < -0.4 is 5.73 Å². The number of hydrogen-bond acceptors (Lipinski definition) is 4. The van der Waals surface area contributed by atoms with Gasteiger partial charge in [0, 0.05) is 19.2 Å². The molecule has 2 N–H and O–H groups in total. The Morgan fingerprint density at radius 3 is 2.64 bits per heavy atom. The molecule has 4 nitrogen and oxygen atoms in total. The van der Waals surface area contributed by atoms with Crippen molar-refractivity contribution in [3.8, 4) is 0 Å². The van der Waals surface area contributed by atoms with E-state index in [1.165, 1.54) is 23.9 Å². The molecule has 22 heavy (non-hydrogen) atoms. The highest BCUT2D eigenvalue weighted by atomic mass is 32.2. The van der Waals surface area contributed by atoms with Crippen LogP contribution in [0.5, 0.6) is 0 Å². The Kier molecular flexibility index (Phi) is 5.12. The maximum Gasteiger partial charge on any atom is 0.416 e. The quantitative estimate of drug-likeness (QED) is 0.857. The summed E-state index contributed by atoms with van der Waals surface area (Å²) in [6.45, 7) is 2.27. The lowest BCUT2D eigenvalue weighted by Gasteiger charge is -2.11. The highest BCUT2D eigenvalue weighted by Crippen LogP contribution is 2.32. The fourth-order valence-corrected chi connectivity index (χ4v) is 2.96. The summed E-state index contributed by atoms with van der Waals surface area (Å²) < 4.78 is 40.1. The molecule has 0 saturated carbocycles. The van der Waals surface area contributed by atoms with Crippen molar-refractivity contribution in [1.82, 2.24) is 14.8 Å². The summed E-state index contributed by atoms with van der Waals surface area (Å²) in [5, 5.41) is 8.74. The second-order valence-electron chi connectivity index (χ2n) is 4.92. The summed E-state index contributed by atoms with van der Waals surface area (Å²) in [6, 6.07) is 3.79. The number of nitrogens with zero attached hydrogens (tertiary/aromatic N) is 3. The molecule has 0 saturated heterocycles. The highest BCUT2D eigenvalue weighted by molar-refractivity contribution is 7.98. The zero-order chi connectivity index (χ0) is 16.3. The maximum atomic E-state index is 12.8. The van der Waals surface area contributed by atoms with E-state index in [0.29, 0.717) is 29.4 Å². The Morgan fingerprint density at radius 2 is 2.00 bits per heavy atom. The molecular weight excluding hydrogens is 313 g/mol. The zero-order valence-corrected chi connectivity index (χ0v) is 13.1. The fraction of sp³-hybridized carbons (Fsp3) is 0.429. The van der Waals surface area contributed by atoms with E-state index >= 15 is 0 Å². The van der Waals surface area contributed by atoms with Crippen molar-refractivity contribution in [1.29, 1.82) is 0 Å². The molecule has 0 atom stereocenters. The Labute approximate surface area is 130 Å². The third kappa shape index (κ3) is 3.80. The number of nitrogens with two attached hydrogens (primary N) is 1. The summed E-state index contributed by atoms with van der Waals surface area (Å²) in [5.41, 5.74) is 6.32. The fourth-order valence-electron chi connectivity index (χ4n) is 1.96. The van der Waals surface area contributed by atoms with Gasteiger partial charge >= 0.3 is 6.18 Å². The Balaban J connectivity index is 2.14. The van der Waals surface area contributed by atoms with Crippen LogP contribution in [0, 0.1) is 6.92 Å². The van der Waals surface area contributed by atoms with Crippen LogP contribution in [-0.2, 0) is 25.4 Å². The molecule has 0 aliphatic rings. The molecule has 120 valence electrons. The first-order valence-electron chi connectivity index (χ1n) is 6.70. The third-order valence-electron chi connectivity index (χ3n) is 3.33. The first kappa shape index (κ1) is 16.8. The molecule has 0 aliphatic carbocycles. The molecule has 2 aromatic rings. The average Bonchev–Trinajstić information content (AvgIpc) is 2.78. The van der Waals surface area contributed by atoms with E-state index in [2.05, 4.69) is 10.2 Å². The topological polar surface area (TPSA) is 56.7 Å². The second-order valence-corrected chi connectivity index (χ2v) is 5.87. The first-order chi connectivity index (χ1) is 10.3. The van der Waals surface area contributed by atoms with Crippen LogP contribution in [0.25, 0.3) is 0 Å². The summed E-state index contributed by atoms with van der Waals surface area (Å²) in [4.78, 5) is 0. The van der Waals surface area contributed by atoms with Crippen LogP contribution in [0.2, 0.25) is 0 Å². The van der Waals surface area contributed by atoms with Gasteiger partial charge in [-0.2, -0.15) is 13.2 Å². The van der Waals surface area contributed by atoms with Crippen LogP contribution in [0.1, 0.15) is 22.5 Å². The van der Waals surface area contributed by atoms with Crippen molar-refractivity contribution in [2.45, 2.75) is 30.4 Å². The van der Waals surface area contributed by atoms with E-state index in [1.807, 2.05) is 11.6 Å². The molecule has 0 fully saturated rings. The molecule has 1 heterocycles. The van der Waals surface area contributed by atoms with Crippen molar-refractivity contribution < 1.29 is 13.2 Å². The molecule has 2 rings (SSSR count). The largest absolute Gasteiger partial charge is 0.416 e. The molecule has 0 bridgehead atoms. The molecule has 0 unspecified atom stereocenters. The molecule has 1 aromatic carbocycles. The number of benzene rings is 1. The van der Waals surface area contributed by atoms with Gasteiger partial charge in [0.05, 0.1) is 5.56 Å². The lowest BCUT2D eigenvalue weighted by Crippen LogP contribution is -2.08. The minimum absolute atomic E-state index is 0.407. The van der Waals surface area contributed by atoms with Gasteiger partial charge in [-0.25, -0.2) is 0 Å². The number of halogens is 3. The van der Waals surface area contributed by atoms with Crippen LogP contribution in [0.15, 0.2) is 23.4 Å². The molecule has 1 aromatic heterocycles. The van der Waals surface area contributed by atoms with E-state index in [0.717, 1.165) is 17.5 Å². The molecular formula is C14H17F3N4S. The molecule has 0 spiro atoms. The summed E-state index contributed by atoms with van der Waals surface area (Å²) in [5.74, 6) is 1.18. The second kappa shape index (κ2) is 6.70. The Bertz CT molecular complexity index is 652. The standard InChI is InChI=1S/C14H17F3N4S/c1-9-3-4-11(14(15,16)17)7-10(9)8-22-13-20-19-12(5-6-18)21(13)2/h3-4,7H,5-6,8,18H2,1-2H3. The van der Waals surface area contributed by atoms with Crippen LogP contribution in [-0.4, -0.2) is 21.3 Å². The number of aromatic nitrogens is 3. The van der Waals surface area contributed by atoms with Crippen molar-refractivity contribution in [2.24, 2.45) is 12.8 Å². The first-order valence-corrected chi connectivity index (χ1v) is 7.69. The normalized spacial score (nSPS) is 11.9. The molecule has 8 heteroatoms. The van der Waals surface area contributed by atoms with Crippen molar-refractivity contribution in [3.63, 3.8) is 0 Å². The van der Waals surface area contributed by atoms with Gasteiger partial charge in [-0.3, -0.25) is 0 Å². The molecule has 0 aliphatic heterocycles. The minimum atomic E-state index is -4.33. The number of alkyl halides is 3. The van der Waals surface area contributed by atoms with Gasteiger partial charge in [0.1, 0.15) is 5.82 Å². The van der Waals surface area contributed by atoms with Crippen LogP contribution in [0.3, 0.4) is 0 Å². The van der Waals surface area contributed by atoms with Gasteiger partial charge in [-0.05, 0) is 36.7 Å². The van der Waals surface area contributed by atoms with Crippen molar-refractivity contribution in [3.05, 3.63) is 40.7 Å². The third-order valence-corrected chi connectivity index (χ3v) is 4.40. The van der Waals surface area contributed by atoms with Gasteiger partial charge in [-0.1, -0.05) is 17.8 Å². The number of thioether (sulfide) groups is 1. The lowest BCUT2D eigenvalue weighted by molar-refractivity contribution is -0.137. The Hall–Kier alpha value is -1.54. The summed E-state index contributed by atoms with van der Waals surface area (Å²) >= 11 is 1.36. The maximum absolute atomic E-state index is 12.8. The van der Waals surface area contributed by atoms with Crippen LogP contribution >= 0.6 is 11.8 Å². The molecule has 0 amide bonds. The molecule has 0 radical (unpaired) electrons. The van der Waals surface area contributed by atoms with E-state index in [4.69, 9.17) is 5.73 Å². The summed E-state index contributed by atoms with van der Waals surface area (Å²) in [6.07, 6.45) is -3.71. The van der Waals surface area contributed by atoms with Crippen LogP contribution in [0.4, 0.5) is 13.2 Å². The predicted octanol–water partition coefficient (Wildman–Crippen LogP) is 2.94. The van der Waals surface area contributed by atoms with E-state index in [-0.39, 0.29) is 0 Å². The highest BCUT2D eigenvalue weighted by Gasteiger charge is 2.30. The monoisotopic (exact) mass is 330 g/mol. The number of rotatable bonds is 5. The van der Waals surface area contributed by atoms with Crippen molar-refractivity contribution >= 4 is 11.8 Å².